The van der Waals surface area contributed by atoms with E-state index in [1.54, 1.807) is 0 Å². The lowest BCUT2D eigenvalue weighted by atomic mass is 10.3. The molecule has 1 fully saturated rings. The zero-order valence-corrected chi connectivity index (χ0v) is 12.1. The summed E-state index contributed by atoms with van der Waals surface area (Å²) >= 11 is 0. The standard InChI is InChI=1S/C13H21N3O5.CH4/c1-21-9-5-11(18)15-7-6-14-10(17)4-8-16-12(19)2-3-13(16)20;/h2-9H2,1H3,(H,14,17)(H,15,18);1H4. The molecule has 8 nitrogen and oxygen atoms in total. The van der Waals surface area contributed by atoms with Gasteiger partial charge in [-0.3, -0.25) is 24.1 Å². The summed E-state index contributed by atoms with van der Waals surface area (Å²) in [6.45, 7) is 1.11. The van der Waals surface area contributed by atoms with Crippen LogP contribution in [0.2, 0.25) is 0 Å². The molecule has 126 valence electrons. The molecule has 4 amide bonds. The lowest BCUT2D eigenvalue weighted by molar-refractivity contribution is -0.138. The fourth-order valence-electron chi connectivity index (χ4n) is 1.86. The zero-order chi connectivity index (χ0) is 15.7. The lowest BCUT2D eigenvalue weighted by Gasteiger charge is -2.13. The maximum Gasteiger partial charge on any atom is 0.229 e. The van der Waals surface area contributed by atoms with Gasteiger partial charge in [0.2, 0.25) is 23.6 Å². The summed E-state index contributed by atoms with van der Waals surface area (Å²) in [7, 11) is 1.52. The number of nitrogens with one attached hydrogen (secondary N) is 2. The predicted molar refractivity (Wildman–Crippen MR) is 79.8 cm³/mol. The maximum absolute atomic E-state index is 11.5. The largest absolute Gasteiger partial charge is 0.384 e. The van der Waals surface area contributed by atoms with E-state index in [1.165, 1.54) is 7.11 Å². The highest BCUT2D eigenvalue weighted by Crippen LogP contribution is 2.11. The Hall–Kier alpha value is -1.96. The van der Waals surface area contributed by atoms with E-state index in [-0.39, 0.29) is 63.3 Å². The minimum Gasteiger partial charge on any atom is -0.384 e. The number of hydrogen-bond acceptors (Lipinski definition) is 5. The molecule has 1 heterocycles. The van der Waals surface area contributed by atoms with E-state index in [9.17, 15) is 19.2 Å². The summed E-state index contributed by atoms with van der Waals surface area (Å²) in [6.07, 6.45) is 0.820. The second kappa shape index (κ2) is 10.7. The van der Waals surface area contributed by atoms with Crippen LogP contribution in [-0.2, 0) is 23.9 Å². The van der Waals surface area contributed by atoms with Gasteiger partial charge in [0, 0.05) is 52.4 Å². The van der Waals surface area contributed by atoms with Gasteiger partial charge in [0.15, 0.2) is 0 Å². The Bertz CT molecular complexity index is 395. The second-order valence-corrected chi connectivity index (χ2v) is 4.63. The van der Waals surface area contributed by atoms with Crippen molar-refractivity contribution in [2.75, 3.05) is 33.4 Å². The lowest BCUT2D eigenvalue weighted by Crippen LogP contribution is -2.37. The van der Waals surface area contributed by atoms with Crippen LogP contribution < -0.4 is 10.6 Å². The van der Waals surface area contributed by atoms with Gasteiger partial charge in [-0.1, -0.05) is 7.43 Å². The maximum atomic E-state index is 11.5. The first-order valence-corrected chi connectivity index (χ1v) is 6.90. The number of imide groups is 1. The molecule has 0 bridgehead atoms. The van der Waals surface area contributed by atoms with Crippen LogP contribution in [0.4, 0.5) is 0 Å². The first-order valence-electron chi connectivity index (χ1n) is 6.90. The minimum absolute atomic E-state index is 0. The summed E-state index contributed by atoms with van der Waals surface area (Å²) in [5.41, 5.74) is 0. The molecule has 0 aliphatic carbocycles. The highest BCUT2D eigenvalue weighted by Gasteiger charge is 2.28. The Morgan fingerprint density at radius 1 is 1.05 bits per heavy atom. The van der Waals surface area contributed by atoms with Crippen LogP contribution in [0.15, 0.2) is 0 Å². The van der Waals surface area contributed by atoms with E-state index in [1.807, 2.05) is 0 Å². The van der Waals surface area contributed by atoms with Crippen molar-refractivity contribution in [1.29, 1.82) is 0 Å². The van der Waals surface area contributed by atoms with E-state index in [0.29, 0.717) is 19.7 Å². The molecule has 1 aliphatic heterocycles. The quantitative estimate of drug-likeness (QED) is 0.438. The number of hydrogen-bond donors (Lipinski definition) is 2. The highest BCUT2D eigenvalue weighted by molar-refractivity contribution is 6.02. The van der Waals surface area contributed by atoms with E-state index in [0.717, 1.165) is 4.90 Å². The first kappa shape index (κ1) is 20.0. The molecule has 1 saturated heterocycles. The number of carbonyl (C=O) groups excluding carboxylic acids is 4. The molecular weight excluding hydrogens is 290 g/mol. The Balaban J connectivity index is 0.00000441. The molecule has 0 spiro atoms. The molecule has 0 atom stereocenters. The van der Waals surface area contributed by atoms with Gasteiger partial charge in [-0.15, -0.1) is 0 Å². The van der Waals surface area contributed by atoms with Crippen molar-refractivity contribution in [3.8, 4) is 0 Å². The van der Waals surface area contributed by atoms with Crippen LogP contribution in [-0.4, -0.2) is 61.9 Å². The second-order valence-electron chi connectivity index (χ2n) is 4.63. The van der Waals surface area contributed by atoms with Crippen molar-refractivity contribution in [2.24, 2.45) is 0 Å². The summed E-state index contributed by atoms with van der Waals surface area (Å²) < 4.78 is 4.76. The molecule has 1 rings (SSSR count). The van der Waals surface area contributed by atoms with Gasteiger partial charge in [-0.05, 0) is 0 Å². The molecular formula is C14H25N3O5. The fourth-order valence-corrected chi connectivity index (χ4v) is 1.86. The van der Waals surface area contributed by atoms with Crippen molar-refractivity contribution >= 4 is 23.6 Å². The minimum atomic E-state index is -0.256. The third-order valence-corrected chi connectivity index (χ3v) is 3.02. The Morgan fingerprint density at radius 3 is 2.05 bits per heavy atom. The average molecular weight is 315 g/mol. The number of nitrogens with zero attached hydrogens (tertiary/aromatic N) is 1. The van der Waals surface area contributed by atoms with Crippen LogP contribution in [0, 0.1) is 0 Å². The first-order chi connectivity index (χ1) is 10.0. The number of rotatable bonds is 9. The van der Waals surface area contributed by atoms with Gasteiger partial charge < -0.3 is 15.4 Å². The molecule has 2 N–H and O–H groups in total. The molecule has 0 aromatic heterocycles. The topological polar surface area (TPSA) is 105 Å². The van der Waals surface area contributed by atoms with Crippen molar-refractivity contribution < 1.29 is 23.9 Å². The van der Waals surface area contributed by atoms with Gasteiger partial charge in [0.25, 0.3) is 0 Å². The van der Waals surface area contributed by atoms with Gasteiger partial charge >= 0.3 is 0 Å². The molecule has 8 heteroatoms. The van der Waals surface area contributed by atoms with Crippen LogP contribution in [0.5, 0.6) is 0 Å². The third-order valence-electron chi connectivity index (χ3n) is 3.02. The fraction of sp³-hybridized carbons (Fsp3) is 0.714. The Morgan fingerprint density at radius 2 is 1.55 bits per heavy atom. The molecule has 0 saturated carbocycles. The van der Waals surface area contributed by atoms with Crippen LogP contribution in [0.25, 0.3) is 0 Å². The predicted octanol–water partition coefficient (Wildman–Crippen LogP) is -0.569. The smallest absolute Gasteiger partial charge is 0.229 e. The number of likely N-dealkylation sites (tertiary alicyclic amines) is 1. The van der Waals surface area contributed by atoms with Gasteiger partial charge in [0.1, 0.15) is 0 Å². The number of carbonyl (C=O) groups is 4. The highest BCUT2D eigenvalue weighted by atomic mass is 16.5. The van der Waals surface area contributed by atoms with Crippen molar-refractivity contribution in [3.63, 3.8) is 0 Å². The third kappa shape index (κ3) is 7.16. The van der Waals surface area contributed by atoms with E-state index in [4.69, 9.17) is 4.74 Å². The summed E-state index contributed by atoms with van der Waals surface area (Å²) in [5.74, 6) is -0.843. The number of ether oxygens (including phenoxy) is 1. The molecule has 0 aromatic rings. The molecule has 0 aromatic carbocycles. The van der Waals surface area contributed by atoms with Crippen molar-refractivity contribution in [3.05, 3.63) is 0 Å². The number of methoxy groups -OCH3 is 1. The van der Waals surface area contributed by atoms with Gasteiger partial charge in [-0.2, -0.15) is 0 Å². The van der Waals surface area contributed by atoms with Crippen LogP contribution in [0.3, 0.4) is 0 Å². The van der Waals surface area contributed by atoms with E-state index in [2.05, 4.69) is 10.6 Å². The monoisotopic (exact) mass is 315 g/mol. The molecule has 0 unspecified atom stereocenters. The molecule has 0 radical (unpaired) electrons. The van der Waals surface area contributed by atoms with Crippen molar-refractivity contribution in [2.45, 2.75) is 33.1 Å². The summed E-state index contributed by atoms with van der Waals surface area (Å²) in [6, 6.07) is 0. The normalized spacial score (nSPS) is 13.8. The van der Waals surface area contributed by atoms with Crippen molar-refractivity contribution in [1.82, 2.24) is 15.5 Å². The Labute approximate surface area is 130 Å². The zero-order valence-electron chi connectivity index (χ0n) is 12.1. The molecule has 1 aliphatic rings. The summed E-state index contributed by atoms with van der Waals surface area (Å²) in [5, 5.41) is 5.25. The van der Waals surface area contributed by atoms with Crippen LogP contribution >= 0.6 is 0 Å². The van der Waals surface area contributed by atoms with Gasteiger partial charge in [-0.25, -0.2) is 0 Å². The SMILES string of the molecule is C.COCCC(=O)NCCNC(=O)CCN1C(=O)CCC1=O. The van der Waals surface area contributed by atoms with Gasteiger partial charge in [0.05, 0.1) is 6.61 Å². The number of amides is 4. The van der Waals surface area contributed by atoms with Crippen LogP contribution in [0.1, 0.15) is 33.1 Å². The summed E-state index contributed by atoms with van der Waals surface area (Å²) in [4.78, 5) is 46.6. The molecule has 22 heavy (non-hydrogen) atoms. The van der Waals surface area contributed by atoms with E-state index < -0.39 is 0 Å². The average Bonchev–Trinajstić information content (AvgIpc) is 2.78. The van der Waals surface area contributed by atoms with E-state index >= 15 is 0 Å². The Kier molecular flexibility index (Phi) is 9.77.